The van der Waals surface area contributed by atoms with E-state index in [2.05, 4.69) is 12.3 Å². The fourth-order valence-electron chi connectivity index (χ4n) is 2.31. The first-order chi connectivity index (χ1) is 7.31. The predicted molar refractivity (Wildman–Crippen MR) is 65.2 cm³/mol. The van der Waals surface area contributed by atoms with Gasteiger partial charge in [-0.05, 0) is 19.3 Å². The van der Waals surface area contributed by atoms with Gasteiger partial charge in [0.2, 0.25) is 0 Å². The van der Waals surface area contributed by atoms with E-state index in [4.69, 9.17) is 10.7 Å². The fraction of sp³-hybridized carbons (Fsp3) is 0.750. The highest BCUT2D eigenvalue weighted by molar-refractivity contribution is 7.09. The van der Waals surface area contributed by atoms with E-state index in [0.717, 1.165) is 23.8 Å². The van der Waals surface area contributed by atoms with Crippen molar-refractivity contribution >= 4 is 11.3 Å². The SMILES string of the molecule is CCCC(N)c1nc(C2CCCC2)cs1. The zero-order valence-corrected chi connectivity index (χ0v) is 10.2. The highest BCUT2D eigenvalue weighted by Gasteiger charge is 2.20. The average Bonchev–Trinajstić information content (AvgIpc) is 2.89. The summed E-state index contributed by atoms with van der Waals surface area (Å²) in [7, 11) is 0. The van der Waals surface area contributed by atoms with Crippen LogP contribution in [0.1, 0.15) is 68.1 Å². The normalized spacial score (nSPS) is 19.6. The van der Waals surface area contributed by atoms with Gasteiger partial charge in [-0.1, -0.05) is 26.2 Å². The van der Waals surface area contributed by atoms with E-state index in [-0.39, 0.29) is 6.04 Å². The van der Waals surface area contributed by atoms with Crippen LogP contribution in [-0.4, -0.2) is 4.98 Å². The van der Waals surface area contributed by atoms with Crippen LogP contribution in [0.4, 0.5) is 0 Å². The zero-order chi connectivity index (χ0) is 10.7. The Labute approximate surface area is 95.9 Å². The van der Waals surface area contributed by atoms with Crippen LogP contribution in [0, 0.1) is 0 Å². The Bertz CT molecular complexity index is 302. The molecule has 2 rings (SSSR count). The summed E-state index contributed by atoms with van der Waals surface area (Å²) < 4.78 is 0. The van der Waals surface area contributed by atoms with Crippen LogP contribution >= 0.6 is 11.3 Å². The van der Waals surface area contributed by atoms with E-state index in [1.807, 2.05) is 0 Å². The molecule has 0 radical (unpaired) electrons. The van der Waals surface area contributed by atoms with Crippen LogP contribution in [0.3, 0.4) is 0 Å². The predicted octanol–water partition coefficient (Wildman–Crippen LogP) is 3.60. The van der Waals surface area contributed by atoms with Gasteiger partial charge in [0, 0.05) is 11.3 Å². The van der Waals surface area contributed by atoms with E-state index < -0.39 is 0 Å². The summed E-state index contributed by atoms with van der Waals surface area (Å²) in [5.74, 6) is 0.726. The van der Waals surface area contributed by atoms with E-state index in [0.29, 0.717) is 0 Å². The van der Waals surface area contributed by atoms with Crippen molar-refractivity contribution in [1.82, 2.24) is 4.98 Å². The highest BCUT2D eigenvalue weighted by atomic mass is 32.1. The molecule has 1 heterocycles. The van der Waals surface area contributed by atoms with Crippen molar-refractivity contribution < 1.29 is 0 Å². The van der Waals surface area contributed by atoms with Crippen molar-refractivity contribution in [3.8, 4) is 0 Å². The molecule has 3 heteroatoms. The van der Waals surface area contributed by atoms with E-state index >= 15 is 0 Å². The minimum Gasteiger partial charge on any atom is -0.322 e. The third-order valence-electron chi connectivity index (χ3n) is 3.23. The second-order valence-electron chi connectivity index (χ2n) is 4.49. The van der Waals surface area contributed by atoms with Crippen LogP contribution in [0.15, 0.2) is 5.38 Å². The highest BCUT2D eigenvalue weighted by Crippen LogP contribution is 2.35. The molecule has 1 aromatic heterocycles. The first-order valence-corrected chi connectivity index (χ1v) is 6.90. The molecule has 0 bridgehead atoms. The smallest absolute Gasteiger partial charge is 0.110 e. The molecule has 1 atom stereocenters. The molecule has 0 saturated heterocycles. The first kappa shape index (κ1) is 11.1. The number of hydrogen-bond donors (Lipinski definition) is 1. The number of hydrogen-bond acceptors (Lipinski definition) is 3. The van der Waals surface area contributed by atoms with Crippen molar-refractivity contribution in [3.05, 3.63) is 16.1 Å². The fourth-order valence-corrected chi connectivity index (χ4v) is 3.25. The monoisotopic (exact) mass is 224 g/mol. The van der Waals surface area contributed by atoms with Crippen LogP contribution in [-0.2, 0) is 0 Å². The van der Waals surface area contributed by atoms with Gasteiger partial charge in [-0.3, -0.25) is 0 Å². The molecule has 2 nitrogen and oxygen atoms in total. The molecule has 15 heavy (non-hydrogen) atoms. The Morgan fingerprint density at radius 1 is 1.53 bits per heavy atom. The molecule has 2 N–H and O–H groups in total. The standard InChI is InChI=1S/C12H20N2S/c1-2-5-10(13)12-14-11(8-15-12)9-6-3-4-7-9/h8-10H,2-7,13H2,1H3. The number of nitrogens with zero attached hydrogens (tertiary/aromatic N) is 1. The number of nitrogens with two attached hydrogens (primary N) is 1. The van der Waals surface area contributed by atoms with Crippen molar-refractivity contribution in [3.63, 3.8) is 0 Å². The van der Waals surface area contributed by atoms with Gasteiger partial charge in [0.15, 0.2) is 0 Å². The summed E-state index contributed by atoms with van der Waals surface area (Å²) in [5.41, 5.74) is 7.37. The Morgan fingerprint density at radius 2 is 2.27 bits per heavy atom. The molecule has 1 aromatic rings. The van der Waals surface area contributed by atoms with Gasteiger partial charge in [0.25, 0.3) is 0 Å². The van der Waals surface area contributed by atoms with Crippen LogP contribution in [0.2, 0.25) is 0 Å². The maximum Gasteiger partial charge on any atom is 0.110 e. The molecule has 84 valence electrons. The summed E-state index contributed by atoms with van der Waals surface area (Å²) in [6.45, 7) is 2.17. The summed E-state index contributed by atoms with van der Waals surface area (Å²) in [4.78, 5) is 4.70. The molecule has 1 unspecified atom stereocenters. The molecule has 1 saturated carbocycles. The number of aromatic nitrogens is 1. The molecule has 0 spiro atoms. The molecular formula is C12H20N2S. The number of thiazole rings is 1. The third kappa shape index (κ3) is 2.58. The van der Waals surface area contributed by atoms with Crippen molar-refractivity contribution in [2.75, 3.05) is 0 Å². The minimum absolute atomic E-state index is 0.162. The lowest BCUT2D eigenvalue weighted by molar-refractivity contribution is 0.624. The lowest BCUT2D eigenvalue weighted by Gasteiger charge is -2.06. The van der Waals surface area contributed by atoms with Gasteiger partial charge < -0.3 is 5.73 Å². The molecular weight excluding hydrogens is 204 g/mol. The van der Waals surface area contributed by atoms with Crippen LogP contribution in [0.25, 0.3) is 0 Å². The summed E-state index contributed by atoms with van der Waals surface area (Å²) in [5, 5.41) is 3.36. The topological polar surface area (TPSA) is 38.9 Å². The maximum atomic E-state index is 6.07. The number of rotatable bonds is 4. The van der Waals surface area contributed by atoms with Crippen LogP contribution in [0.5, 0.6) is 0 Å². The van der Waals surface area contributed by atoms with Gasteiger partial charge in [0.1, 0.15) is 5.01 Å². The molecule has 0 amide bonds. The largest absolute Gasteiger partial charge is 0.322 e. The Hall–Kier alpha value is -0.410. The maximum absolute atomic E-state index is 6.07. The summed E-state index contributed by atoms with van der Waals surface area (Å²) in [6, 6.07) is 0.162. The van der Waals surface area contributed by atoms with Gasteiger partial charge in [-0.2, -0.15) is 0 Å². The Kier molecular flexibility index (Phi) is 3.76. The molecule has 0 aliphatic heterocycles. The molecule has 1 aliphatic carbocycles. The van der Waals surface area contributed by atoms with Crippen LogP contribution < -0.4 is 5.73 Å². The lowest BCUT2D eigenvalue weighted by atomic mass is 10.1. The van der Waals surface area contributed by atoms with Gasteiger partial charge in [-0.25, -0.2) is 4.98 Å². The third-order valence-corrected chi connectivity index (χ3v) is 4.22. The Balaban J connectivity index is 2.02. The molecule has 1 aliphatic rings. The van der Waals surface area contributed by atoms with E-state index in [1.165, 1.54) is 31.4 Å². The minimum atomic E-state index is 0.162. The summed E-state index contributed by atoms with van der Waals surface area (Å²) in [6.07, 6.45) is 7.59. The quantitative estimate of drug-likeness (QED) is 0.848. The Morgan fingerprint density at radius 3 is 2.93 bits per heavy atom. The van der Waals surface area contributed by atoms with E-state index in [9.17, 15) is 0 Å². The van der Waals surface area contributed by atoms with Gasteiger partial charge >= 0.3 is 0 Å². The second-order valence-corrected chi connectivity index (χ2v) is 5.38. The van der Waals surface area contributed by atoms with E-state index in [1.54, 1.807) is 11.3 Å². The van der Waals surface area contributed by atoms with Crippen molar-refractivity contribution in [1.29, 1.82) is 0 Å². The molecule has 0 aromatic carbocycles. The molecule has 1 fully saturated rings. The first-order valence-electron chi connectivity index (χ1n) is 6.02. The van der Waals surface area contributed by atoms with Gasteiger partial charge in [-0.15, -0.1) is 11.3 Å². The summed E-state index contributed by atoms with van der Waals surface area (Å²) >= 11 is 1.75. The lowest BCUT2D eigenvalue weighted by Crippen LogP contribution is -2.09. The zero-order valence-electron chi connectivity index (χ0n) is 9.41. The van der Waals surface area contributed by atoms with Gasteiger partial charge in [0.05, 0.1) is 11.7 Å². The average molecular weight is 224 g/mol. The van der Waals surface area contributed by atoms with Crippen molar-refractivity contribution in [2.45, 2.75) is 57.4 Å². The van der Waals surface area contributed by atoms with Crippen molar-refractivity contribution in [2.24, 2.45) is 5.73 Å². The second kappa shape index (κ2) is 5.08.